The summed E-state index contributed by atoms with van der Waals surface area (Å²) in [4.78, 5) is 0. The smallest absolute Gasteiger partial charge is 0.173 e. The normalized spacial score (nSPS) is 11.8. The van der Waals surface area contributed by atoms with Crippen molar-refractivity contribution in [3.63, 3.8) is 0 Å². The van der Waals surface area contributed by atoms with Gasteiger partial charge < -0.3 is 20.8 Å². The number of nitrogens with zero attached hydrogens (tertiary/aromatic N) is 4. The van der Waals surface area contributed by atoms with Crippen LogP contribution in [0.15, 0.2) is 29.7 Å². The number of aromatic nitrogens is 3. The minimum atomic E-state index is -0.487. The number of hydrogen-bond donors (Lipinski definition) is 3. The van der Waals surface area contributed by atoms with Gasteiger partial charge in [0, 0.05) is 32.1 Å². The molecule has 8 heteroatoms. The minimum absolute atomic E-state index is 0.0881. The molecule has 7 nitrogen and oxygen atoms in total. The second kappa shape index (κ2) is 6.80. The molecule has 4 N–H and O–H groups in total. The Kier molecular flexibility index (Phi) is 4.83. The molecule has 2 aromatic rings. The van der Waals surface area contributed by atoms with Crippen molar-refractivity contribution >= 4 is 5.84 Å². The van der Waals surface area contributed by atoms with E-state index < -0.39 is 5.82 Å². The van der Waals surface area contributed by atoms with Gasteiger partial charge in [-0.2, -0.15) is 0 Å². The summed E-state index contributed by atoms with van der Waals surface area (Å²) in [5.41, 5.74) is 5.96. The molecule has 0 aliphatic heterocycles. The van der Waals surface area contributed by atoms with Gasteiger partial charge in [-0.1, -0.05) is 17.3 Å². The Hall–Kier alpha value is -2.48. The van der Waals surface area contributed by atoms with Crippen LogP contribution in [-0.2, 0) is 20.0 Å². The maximum Gasteiger partial charge on any atom is 0.173 e. The molecule has 0 spiro atoms. The molecular weight excluding hydrogens is 275 g/mol. The number of nitrogens with one attached hydrogen (secondary N) is 1. The van der Waals surface area contributed by atoms with Gasteiger partial charge >= 0.3 is 0 Å². The third-order valence-electron chi connectivity index (χ3n) is 3.11. The van der Waals surface area contributed by atoms with E-state index in [1.165, 1.54) is 6.07 Å². The first kappa shape index (κ1) is 14.9. The predicted octanol–water partition coefficient (Wildman–Crippen LogP) is 0.381. The zero-order valence-electron chi connectivity index (χ0n) is 11.6. The van der Waals surface area contributed by atoms with Crippen LogP contribution < -0.4 is 11.1 Å². The highest BCUT2D eigenvalue weighted by atomic mass is 19.1. The monoisotopic (exact) mass is 292 g/mol. The van der Waals surface area contributed by atoms with Crippen LogP contribution in [0.5, 0.6) is 0 Å². The van der Waals surface area contributed by atoms with Crippen LogP contribution in [0, 0.1) is 5.82 Å². The minimum Gasteiger partial charge on any atom is -0.409 e. The number of hydrogen-bond acceptors (Lipinski definition) is 5. The third kappa shape index (κ3) is 3.54. The van der Waals surface area contributed by atoms with Crippen molar-refractivity contribution in [2.24, 2.45) is 17.9 Å². The van der Waals surface area contributed by atoms with E-state index >= 15 is 0 Å². The van der Waals surface area contributed by atoms with Crippen LogP contribution in [0.25, 0.3) is 0 Å². The Balaban J connectivity index is 1.93. The third-order valence-corrected chi connectivity index (χ3v) is 3.11. The second-order valence-electron chi connectivity index (χ2n) is 4.55. The van der Waals surface area contributed by atoms with E-state index in [1.54, 1.807) is 18.5 Å². The van der Waals surface area contributed by atoms with Gasteiger partial charge in [0.1, 0.15) is 18.0 Å². The fraction of sp³-hybridized carbons (Fsp3) is 0.308. The lowest BCUT2D eigenvalue weighted by Gasteiger charge is -2.08. The van der Waals surface area contributed by atoms with Crippen LogP contribution in [0.1, 0.15) is 17.0 Å². The van der Waals surface area contributed by atoms with Crippen molar-refractivity contribution in [1.82, 2.24) is 20.1 Å². The lowest BCUT2D eigenvalue weighted by molar-refractivity contribution is 0.318. The molecule has 1 aromatic carbocycles. The number of nitrogens with two attached hydrogens (primary N) is 1. The Labute approximate surface area is 121 Å². The maximum atomic E-state index is 14.1. The Morgan fingerprint density at radius 1 is 1.52 bits per heavy atom. The van der Waals surface area contributed by atoms with Crippen LogP contribution in [-0.4, -0.2) is 32.4 Å². The molecule has 112 valence electrons. The highest BCUT2D eigenvalue weighted by Gasteiger charge is 2.11. The first-order chi connectivity index (χ1) is 10.1. The van der Waals surface area contributed by atoms with Gasteiger partial charge in [0.2, 0.25) is 0 Å². The number of halogens is 1. The standard InChI is InChI=1S/C13H17FN6O/c1-20-8-17-18-11(20)5-6-16-7-9-3-2-4-10(12(9)14)13(15)19-21/h2-4,8,16,21H,5-7H2,1H3,(H2,15,19). The maximum absolute atomic E-state index is 14.1. The fourth-order valence-corrected chi connectivity index (χ4v) is 1.92. The molecule has 2 rings (SSSR count). The first-order valence-corrected chi connectivity index (χ1v) is 6.42. The molecule has 21 heavy (non-hydrogen) atoms. The summed E-state index contributed by atoms with van der Waals surface area (Å²) in [7, 11) is 1.87. The topological polar surface area (TPSA) is 101 Å². The van der Waals surface area contributed by atoms with E-state index in [-0.39, 0.29) is 11.4 Å². The van der Waals surface area contributed by atoms with E-state index in [1.807, 2.05) is 11.6 Å². The lowest BCUT2D eigenvalue weighted by atomic mass is 10.1. The molecule has 0 amide bonds. The summed E-state index contributed by atoms with van der Waals surface area (Å²) in [5.74, 6) is 0.126. The van der Waals surface area contributed by atoms with E-state index in [9.17, 15) is 4.39 Å². The van der Waals surface area contributed by atoms with Crippen LogP contribution in [0.3, 0.4) is 0 Å². The number of oxime groups is 1. The molecule has 0 saturated heterocycles. The molecule has 0 unspecified atom stereocenters. The van der Waals surface area contributed by atoms with Crippen molar-refractivity contribution in [3.8, 4) is 0 Å². The number of aryl methyl sites for hydroxylation is 1. The molecule has 0 saturated carbocycles. The number of amidine groups is 1. The highest BCUT2D eigenvalue weighted by molar-refractivity contribution is 5.97. The zero-order valence-corrected chi connectivity index (χ0v) is 11.6. The van der Waals surface area contributed by atoms with Gasteiger partial charge in [0.05, 0.1) is 5.56 Å². The molecular formula is C13H17FN6O. The zero-order chi connectivity index (χ0) is 15.2. The van der Waals surface area contributed by atoms with Gasteiger partial charge in [0.25, 0.3) is 0 Å². The predicted molar refractivity (Wildman–Crippen MR) is 75.3 cm³/mol. The van der Waals surface area contributed by atoms with E-state index in [2.05, 4.69) is 20.7 Å². The number of rotatable bonds is 6. The number of benzene rings is 1. The summed E-state index contributed by atoms with van der Waals surface area (Å²) in [6.07, 6.45) is 2.33. The summed E-state index contributed by atoms with van der Waals surface area (Å²) >= 11 is 0. The van der Waals surface area contributed by atoms with Crippen molar-refractivity contribution < 1.29 is 9.60 Å². The first-order valence-electron chi connectivity index (χ1n) is 6.42. The summed E-state index contributed by atoms with van der Waals surface area (Å²) in [5, 5.41) is 22.3. The van der Waals surface area contributed by atoms with Gasteiger partial charge in [-0.25, -0.2) is 4.39 Å². The van der Waals surface area contributed by atoms with E-state index in [4.69, 9.17) is 10.9 Å². The molecule has 1 heterocycles. The molecule has 0 radical (unpaired) electrons. The van der Waals surface area contributed by atoms with Gasteiger partial charge in [-0.3, -0.25) is 0 Å². The van der Waals surface area contributed by atoms with E-state index in [0.717, 1.165) is 5.82 Å². The van der Waals surface area contributed by atoms with Crippen LogP contribution in [0.2, 0.25) is 0 Å². The largest absolute Gasteiger partial charge is 0.409 e. The SMILES string of the molecule is Cn1cnnc1CCNCc1cccc(/C(N)=N/O)c1F. The van der Waals surface area contributed by atoms with Crippen molar-refractivity contribution in [2.75, 3.05) is 6.54 Å². The van der Waals surface area contributed by atoms with Crippen LogP contribution in [0.4, 0.5) is 4.39 Å². The molecule has 0 aliphatic rings. The Bertz CT molecular complexity index is 639. The second-order valence-corrected chi connectivity index (χ2v) is 4.55. The van der Waals surface area contributed by atoms with Gasteiger partial charge in [0.15, 0.2) is 5.84 Å². The average Bonchev–Trinajstić information content (AvgIpc) is 2.89. The lowest BCUT2D eigenvalue weighted by Crippen LogP contribution is -2.21. The quantitative estimate of drug-likeness (QED) is 0.235. The molecule has 0 atom stereocenters. The average molecular weight is 292 g/mol. The Morgan fingerprint density at radius 2 is 2.33 bits per heavy atom. The van der Waals surface area contributed by atoms with Crippen molar-refractivity contribution in [2.45, 2.75) is 13.0 Å². The highest BCUT2D eigenvalue weighted by Crippen LogP contribution is 2.12. The van der Waals surface area contributed by atoms with E-state index in [0.29, 0.717) is 25.1 Å². The van der Waals surface area contributed by atoms with Crippen molar-refractivity contribution in [3.05, 3.63) is 47.3 Å². The van der Waals surface area contributed by atoms with Gasteiger partial charge in [-0.05, 0) is 6.07 Å². The molecule has 1 aromatic heterocycles. The molecule has 0 bridgehead atoms. The van der Waals surface area contributed by atoms with Crippen LogP contribution >= 0.6 is 0 Å². The van der Waals surface area contributed by atoms with Crippen molar-refractivity contribution in [1.29, 1.82) is 0 Å². The van der Waals surface area contributed by atoms with Gasteiger partial charge in [-0.15, -0.1) is 10.2 Å². The summed E-state index contributed by atoms with van der Waals surface area (Å²) in [6.45, 7) is 0.982. The summed E-state index contributed by atoms with van der Waals surface area (Å²) < 4.78 is 16.0. The fourth-order valence-electron chi connectivity index (χ4n) is 1.92. The molecule has 0 aliphatic carbocycles. The Morgan fingerprint density at radius 3 is 3.00 bits per heavy atom. The molecule has 0 fully saturated rings. The summed E-state index contributed by atoms with van der Waals surface area (Å²) in [6, 6.07) is 4.78.